The summed E-state index contributed by atoms with van der Waals surface area (Å²) in [5.74, 6) is 0.353. The molecule has 0 aliphatic heterocycles. The summed E-state index contributed by atoms with van der Waals surface area (Å²) < 4.78 is 38.2. The smallest absolute Gasteiger partial charge is 0.384 e. The van der Waals surface area contributed by atoms with Crippen molar-refractivity contribution in [3.05, 3.63) is 17.8 Å². The Morgan fingerprint density at radius 3 is 2.44 bits per heavy atom. The minimum Gasteiger partial charge on any atom is -0.384 e. The number of hydrogen-bond donors (Lipinski definition) is 2. The van der Waals surface area contributed by atoms with E-state index < -0.39 is 11.9 Å². The summed E-state index contributed by atoms with van der Waals surface area (Å²) in [5, 5.41) is 9.36. The predicted octanol–water partition coefficient (Wildman–Crippen LogP) is 1.41. The second kappa shape index (κ2) is 3.26. The molecule has 5 nitrogen and oxygen atoms in total. The van der Waals surface area contributed by atoms with Crippen LogP contribution in [0.1, 0.15) is 5.69 Å². The summed E-state index contributed by atoms with van der Waals surface area (Å²) in [7, 11) is 1.59. The van der Waals surface area contributed by atoms with Gasteiger partial charge in [-0.3, -0.25) is 9.78 Å². The van der Waals surface area contributed by atoms with Crippen molar-refractivity contribution in [2.75, 3.05) is 5.73 Å². The predicted molar refractivity (Wildman–Crippen MR) is 50.2 cm³/mol. The van der Waals surface area contributed by atoms with E-state index >= 15 is 0 Å². The number of anilines is 1. The fourth-order valence-corrected chi connectivity index (χ4v) is 1.21. The van der Waals surface area contributed by atoms with Gasteiger partial charge in [-0.2, -0.15) is 23.4 Å². The summed E-state index contributed by atoms with van der Waals surface area (Å²) in [6.07, 6.45) is -4.44. The van der Waals surface area contributed by atoms with E-state index in [0.717, 1.165) is 6.07 Å². The zero-order valence-corrected chi connectivity index (χ0v) is 8.21. The number of nitrogens with zero attached hydrogens (tertiary/aromatic N) is 3. The summed E-state index contributed by atoms with van der Waals surface area (Å²) in [6, 6.07) is 2.35. The van der Waals surface area contributed by atoms with Crippen LogP contribution in [0.4, 0.5) is 19.0 Å². The lowest BCUT2D eigenvalue weighted by molar-refractivity contribution is -0.141. The van der Waals surface area contributed by atoms with Crippen molar-refractivity contribution >= 4 is 5.82 Å². The Kier molecular flexibility index (Phi) is 2.14. The monoisotopic (exact) mass is 231 g/mol. The summed E-state index contributed by atoms with van der Waals surface area (Å²) >= 11 is 0. The number of nitrogens with two attached hydrogens (primary N) is 1. The van der Waals surface area contributed by atoms with Gasteiger partial charge in [-0.1, -0.05) is 0 Å². The SMILES string of the molecule is Cn1nc(-c2cc(C(F)(F)F)[nH]n2)cc1N. The molecule has 0 amide bonds. The average Bonchev–Trinajstić information content (AvgIpc) is 2.73. The van der Waals surface area contributed by atoms with Gasteiger partial charge in [0.1, 0.15) is 22.9 Å². The molecule has 0 aliphatic rings. The van der Waals surface area contributed by atoms with Gasteiger partial charge in [0.15, 0.2) is 0 Å². The molecule has 0 bridgehead atoms. The third kappa shape index (κ3) is 1.73. The van der Waals surface area contributed by atoms with Crippen LogP contribution >= 0.6 is 0 Å². The van der Waals surface area contributed by atoms with Crippen molar-refractivity contribution in [1.82, 2.24) is 20.0 Å². The molecule has 0 aromatic carbocycles. The largest absolute Gasteiger partial charge is 0.432 e. The first-order valence-electron chi connectivity index (χ1n) is 4.30. The highest BCUT2D eigenvalue weighted by molar-refractivity contribution is 5.58. The lowest BCUT2D eigenvalue weighted by Gasteiger charge is -1.99. The van der Waals surface area contributed by atoms with E-state index in [-0.39, 0.29) is 5.69 Å². The molecule has 0 atom stereocenters. The lowest BCUT2D eigenvalue weighted by atomic mass is 10.3. The van der Waals surface area contributed by atoms with Gasteiger partial charge in [-0.25, -0.2) is 0 Å². The number of aryl methyl sites for hydroxylation is 1. The maximum absolute atomic E-state index is 12.3. The average molecular weight is 231 g/mol. The van der Waals surface area contributed by atoms with E-state index in [0.29, 0.717) is 11.5 Å². The molecule has 0 saturated heterocycles. The highest BCUT2D eigenvalue weighted by Gasteiger charge is 2.33. The van der Waals surface area contributed by atoms with E-state index in [9.17, 15) is 13.2 Å². The van der Waals surface area contributed by atoms with Crippen molar-refractivity contribution < 1.29 is 13.2 Å². The molecule has 2 heterocycles. The quantitative estimate of drug-likeness (QED) is 0.779. The first-order valence-corrected chi connectivity index (χ1v) is 4.30. The van der Waals surface area contributed by atoms with Crippen molar-refractivity contribution in [2.24, 2.45) is 7.05 Å². The molecule has 2 rings (SSSR count). The molecule has 2 aromatic rings. The van der Waals surface area contributed by atoms with Gasteiger partial charge in [-0.05, 0) is 6.07 Å². The van der Waals surface area contributed by atoms with E-state index in [4.69, 9.17) is 5.73 Å². The van der Waals surface area contributed by atoms with Gasteiger partial charge in [0.2, 0.25) is 0 Å². The zero-order chi connectivity index (χ0) is 11.9. The van der Waals surface area contributed by atoms with Crippen LogP contribution in [-0.4, -0.2) is 20.0 Å². The topological polar surface area (TPSA) is 72.5 Å². The van der Waals surface area contributed by atoms with Crippen LogP contribution in [-0.2, 0) is 13.2 Å². The number of nitrogen functional groups attached to an aromatic ring is 1. The number of aromatic amines is 1. The number of rotatable bonds is 1. The summed E-state index contributed by atoms with van der Waals surface area (Å²) in [5.41, 5.74) is 5.01. The zero-order valence-electron chi connectivity index (χ0n) is 8.21. The minimum atomic E-state index is -4.44. The van der Waals surface area contributed by atoms with Gasteiger partial charge < -0.3 is 5.73 Å². The molecule has 8 heteroatoms. The molecule has 0 unspecified atom stereocenters. The van der Waals surface area contributed by atoms with Crippen LogP contribution in [0.2, 0.25) is 0 Å². The van der Waals surface area contributed by atoms with Gasteiger partial charge >= 0.3 is 6.18 Å². The third-order valence-corrected chi connectivity index (χ3v) is 2.06. The molecule has 3 N–H and O–H groups in total. The van der Waals surface area contributed by atoms with Gasteiger partial charge in [-0.15, -0.1) is 0 Å². The molecular weight excluding hydrogens is 223 g/mol. The van der Waals surface area contributed by atoms with Crippen LogP contribution < -0.4 is 5.73 Å². The number of hydrogen-bond acceptors (Lipinski definition) is 3. The summed E-state index contributed by atoms with van der Waals surface area (Å²) in [6.45, 7) is 0. The van der Waals surface area contributed by atoms with Crippen LogP contribution in [0.3, 0.4) is 0 Å². The maximum atomic E-state index is 12.3. The highest BCUT2D eigenvalue weighted by atomic mass is 19.4. The molecule has 0 saturated carbocycles. The number of alkyl halides is 3. The van der Waals surface area contributed by atoms with Gasteiger partial charge in [0.25, 0.3) is 0 Å². The number of halogens is 3. The standard InChI is InChI=1S/C8H8F3N5/c1-16-7(12)3-5(15-16)4-2-6(14-13-4)8(9,10)11/h2-3H,12H2,1H3,(H,13,14). The minimum absolute atomic E-state index is 0.111. The normalized spacial score (nSPS) is 12.0. The Morgan fingerprint density at radius 1 is 1.31 bits per heavy atom. The Labute approximate surface area is 88.1 Å². The molecule has 0 aliphatic carbocycles. The van der Waals surface area contributed by atoms with Crippen molar-refractivity contribution in [3.8, 4) is 11.4 Å². The molecule has 86 valence electrons. The Hall–Kier alpha value is -1.99. The van der Waals surface area contributed by atoms with Crippen LogP contribution in [0.5, 0.6) is 0 Å². The van der Waals surface area contributed by atoms with Gasteiger partial charge in [0, 0.05) is 13.1 Å². The van der Waals surface area contributed by atoms with Crippen LogP contribution in [0.25, 0.3) is 11.4 Å². The van der Waals surface area contributed by atoms with Crippen molar-refractivity contribution in [1.29, 1.82) is 0 Å². The van der Waals surface area contributed by atoms with Crippen LogP contribution in [0.15, 0.2) is 12.1 Å². The van der Waals surface area contributed by atoms with E-state index in [1.807, 2.05) is 5.10 Å². The first-order chi connectivity index (χ1) is 7.38. The van der Waals surface area contributed by atoms with Crippen molar-refractivity contribution in [3.63, 3.8) is 0 Å². The molecule has 2 aromatic heterocycles. The van der Waals surface area contributed by atoms with E-state index in [1.165, 1.54) is 10.7 Å². The van der Waals surface area contributed by atoms with Crippen molar-refractivity contribution in [2.45, 2.75) is 6.18 Å². The lowest BCUT2D eigenvalue weighted by Crippen LogP contribution is -2.04. The number of aromatic nitrogens is 4. The molecule has 16 heavy (non-hydrogen) atoms. The molecule has 0 fully saturated rings. The summed E-state index contributed by atoms with van der Waals surface area (Å²) in [4.78, 5) is 0. The number of H-pyrrole nitrogens is 1. The second-order valence-corrected chi connectivity index (χ2v) is 3.24. The maximum Gasteiger partial charge on any atom is 0.432 e. The highest BCUT2D eigenvalue weighted by Crippen LogP contribution is 2.30. The van der Waals surface area contributed by atoms with Crippen LogP contribution in [0, 0.1) is 0 Å². The van der Waals surface area contributed by atoms with E-state index in [1.54, 1.807) is 7.05 Å². The Morgan fingerprint density at radius 2 is 2.00 bits per heavy atom. The third-order valence-electron chi connectivity index (χ3n) is 2.06. The fourth-order valence-electron chi connectivity index (χ4n) is 1.21. The first kappa shape index (κ1) is 10.5. The van der Waals surface area contributed by atoms with E-state index in [2.05, 4.69) is 10.2 Å². The molecular formula is C8H8F3N5. The second-order valence-electron chi connectivity index (χ2n) is 3.24. The molecule has 0 radical (unpaired) electrons. The van der Waals surface area contributed by atoms with Gasteiger partial charge in [0.05, 0.1) is 0 Å². The Bertz CT molecular complexity index is 490. The molecule has 0 spiro atoms. The number of nitrogens with one attached hydrogen (secondary N) is 1. The fraction of sp³-hybridized carbons (Fsp3) is 0.250. The Balaban J connectivity index is 2.39.